The largest absolute Gasteiger partial charge is 0.418 e. The number of nitrogens with zero attached hydrogens (tertiary/aromatic N) is 2. The number of benzene rings is 2. The highest BCUT2D eigenvalue weighted by atomic mass is 19.4. The second-order valence-corrected chi connectivity index (χ2v) is 7.83. The molecular weight excluding hydrogens is 421 g/mol. The van der Waals surface area contributed by atoms with Crippen LogP contribution in [-0.2, 0) is 17.4 Å². The predicted octanol–water partition coefficient (Wildman–Crippen LogP) is 3.52. The van der Waals surface area contributed by atoms with Gasteiger partial charge in [0.25, 0.3) is 0 Å². The summed E-state index contributed by atoms with van der Waals surface area (Å²) in [5, 5.41) is 5.26. The van der Waals surface area contributed by atoms with Gasteiger partial charge in [-0.15, -0.1) is 0 Å². The first kappa shape index (κ1) is 23.6. The Morgan fingerprint density at radius 1 is 1.00 bits per heavy atom. The number of hydrogen-bond acceptors (Lipinski definition) is 3. The van der Waals surface area contributed by atoms with Crippen LogP contribution in [0.3, 0.4) is 0 Å². The second-order valence-electron chi connectivity index (χ2n) is 7.83. The number of rotatable bonds is 6. The van der Waals surface area contributed by atoms with E-state index in [2.05, 4.69) is 16.7 Å². The molecule has 0 bridgehead atoms. The Bertz CT molecular complexity index is 941. The number of nitrogens with one attached hydrogen (secondary N) is 2. The Labute approximate surface area is 185 Å². The zero-order valence-corrected chi connectivity index (χ0v) is 17.9. The van der Waals surface area contributed by atoms with Crippen molar-refractivity contribution < 1.29 is 22.8 Å². The van der Waals surface area contributed by atoms with Crippen LogP contribution in [0.1, 0.15) is 16.7 Å². The van der Waals surface area contributed by atoms with E-state index in [0.717, 1.165) is 18.1 Å². The van der Waals surface area contributed by atoms with Crippen molar-refractivity contribution in [2.45, 2.75) is 19.5 Å². The van der Waals surface area contributed by atoms with Crippen LogP contribution in [0.5, 0.6) is 0 Å². The standard InChI is InChI=1S/C23H27F3N4O2/c1-17-5-4-6-18(15-17)9-10-27-22(32)30-13-11-29(12-14-30)16-21(31)28-20-8-3-2-7-19(20)23(24,25)26/h2-8,15H,9-14,16H2,1H3,(H,27,32)(H,28,31). The third-order valence-corrected chi connectivity index (χ3v) is 5.31. The molecule has 1 saturated heterocycles. The summed E-state index contributed by atoms with van der Waals surface area (Å²) in [6, 6.07) is 12.9. The molecule has 0 atom stereocenters. The van der Waals surface area contributed by atoms with Crippen molar-refractivity contribution in [3.05, 3.63) is 65.2 Å². The van der Waals surface area contributed by atoms with Crippen LogP contribution in [0.25, 0.3) is 0 Å². The summed E-state index contributed by atoms with van der Waals surface area (Å²) < 4.78 is 39.2. The zero-order valence-electron chi connectivity index (χ0n) is 17.9. The minimum Gasteiger partial charge on any atom is -0.338 e. The maximum atomic E-state index is 13.1. The molecule has 1 aliphatic heterocycles. The fourth-order valence-corrected chi connectivity index (χ4v) is 3.63. The summed E-state index contributed by atoms with van der Waals surface area (Å²) >= 11 is 0. The molecule has 32 heavy (non-hydrogen) atoms. The van der Waals surface area contributed by atoms with Crippen LogP contribution in [0.2, 0.25) is 0 Å². The monoisotopic (exact) mass is 448 g/mol. The highest BCUT2D eigenvalue weighted by molar-refractivity contribution is 5.93. The second kappa shape index (κ2) is 10.5. The number of piperazine rings is 1. The summed E-state index contributed by atoms with van der Waals surface area (Å²) in [5.74, 6) is -0.516. The van der Waals surface area contributed by atoms with Gasteiger partial charge < -0.3 is 15.5 Å². The van der Waals surface area contributed by atoms with E-state index < -0.39 is 17.6 Å². The Kier molecular flexibility index (Phi) is 7.74. The highest BCUT2D eigenvalue weighted by Crippen LogP contribution is 2.34. The van der Waals surface area contributed by atoms with Crippen molar-refractivity contribution in [1.29, 1.82) is 0 Å². The topological polar surface area (TPSA) is 64.7 Å². The summed E-state index contributed by atoms with van der Waals surface area (Å²) in [6.45, 7) is 4.36. The maximum absolute atomic E-state index is 13.1. The van der Waals surface area contributed by atoms with Crippen LogP contribution in [0.15, 0.2) is 48.5 Å². The van der Waals surface area contributed by atoms with Gasteiger partial charge >= 0.3 is 12.2 Å². The van der Waals surface area contributed by atoms with Crippen molar-refractivity contribution in [3.63, 3.8) is 0 Å². The van der Waals surface area contributed by atoms with E-state index in [9.17, 15) is 22.8 Å². The SMILES string of the molecule is Cc1cccc(CCNC(=O)N2CCN(CC(=O)Nc3ccccc3C(F)(F)F)CC2)c1. The highest BCUT2D eigenvalue weighted by Gasteiger charge is 2.33. The van der Waals surface area contributed by atoms with Gasteiger partial charge in [-0.3, -0.25) is 9.69 Å². The van der Waals surface area contributed by atoms with Crippen LogP contribution in [0, 0.1) is 6.92 Å². The molecule has 1 fully saturated rings. The number of aryl methyl sites for hydroxylation is 1. The fourth-order valence-electron chi connectivity index (χ4n) is 3.63. The molecule has 2 N–H and O–H groups in total. The van der Waals surface area contributed by atoms with Crippen LogP contribution in [0.4, 0.5) is 23.7 Å². The summed E-state index contributed by atoms with van der Waals surface area (Å²) in [5.41, 5.74) is 1.21. The van der Waals surface area contributed by atoms with E-state index in [1.807, 2.05) is 30.0 Å². The van der Waals surface area contributed by atoms with Crippen molar-refractivity contribution in [2.24, 2.45) is 0 Å². The molecule has 0 radical (unpaired) electrons. The van der Waals surface area contributed by atoms with Crippen molar-refractivity contribution in [1.82, 2.24) is 15.1 Å². The molecule has 0 aliphatic carbocycles. The Balaban J connectivity index is 1.41. The minimum absolute atomic E-state index is 0.0327. The summed E-state index contributed by atoms with van der Waals surface area (Å²) in [4.78, 5) is 28.1. The maximum Gasteiger partial charge on any atom is 0.418 e. The quantitative estimate of drug-likeness (QED) is 0.711. The number of carbonyl (C=O) groups is 2. The van der Waals surface area contributed by atoms with Crippen molar-refractivity contribution in [3.8, 4) is 0 Å². The number of alkyl halides is 3. The molecule has 1 aliphatic rings. The van der Waals surface area contributed by atoms with E-state index in [-0.39, 0.29) is 18.3 Å². The number of carbonyl (C=O) groups excluding carboxylic acids is 2. The molecular formula is C23H27F3N4O2. The van der Waals surface area contributed by atoms with Gasteiger partial charge in [-0.1, -0.05) is 42.0 Å². The fraction of sp³-hybridized carbons (Fsp3) is 0.391. The van der Waals surface area contributed by atoms with Gasteiger partial charge in [0, 0.05) is 32.7 Å². The summed E-state index contributed by atoms with van der Waals surface area (Å²) in [7, 11) is 0. The van der Waals surface area contributed by atoms with E-state index >= 15 is 0 Å². The molecule has 1 heterocycles. The lowest BCUT2D eigenvalue weighted by molar-refractivity contribution is -0.137. The molecule has 6 nitrogen and oxygen atoms in total. The summed E-state index contributed by atoms with van der Waals surface area (Å²) in [6.07, 6.45) is -3.80. The molecule has 0 spiro atoms. The van der Waals surface area contributed by atoms with E-state index in [4.69, 9.17) is 0 Å². The Morgan fingerprint density at radius 2 is 1.72 bits per heavy atom. The number of amides is 3. The molecule has 0 aromatic heterocycles. The van der Waals surface area contributed by atoms with E-state index in [1.165, 1.54) is 23.8 Å². The molecule has 0 saturated carbocycles. The molecule has 0 unspecified atom stereocenters. The van der Waals surface area contributed by atoms with Gasteiger partial charge in [0.15, 0.2) is 0 Å². The van der Waals surface area contributed by atoms with Crippen LogP contribution < -0.4 is 10.6 Å². The number of urea groups is 1. The first-order chi connectivity index (χ1) is 15.2. The third kappa shape index (κ3) is 6.71. The van der Waals surface area contributed by atoms with Gasteiger partial charge in [-0.2, -0.15) is 13.2 Å². The van der Waals surface area contributed by atoms with Crippen molar-refractivity contribution in [2.75, 3.05) is 44.6 Å². The Morgan fingerprint density at radius 3 is 2.41 bits per heavy atom. The third-order valence-electron chi connectivity index (χ3n) is 5.31. The van der Waals surface area contributed by atoms with Crippen LogP contribution >= 0.6 is 0 Å². The van der Waals surface area contributed by atoms with Crippen molar-refractivity contribution >= 4 is 17.6 Å². The molecule has 9 heteroatoms. The average molecular weight is 448 g/mol. The number of anilines is 1. The number of hydrogen-bond donors (Lipinski definition) is 2. The molecule has 3 rings (SSSR count). The smallest absolute Gasteiger partial charge is 0.338 e. The lowest BCUT2D eigenvalue weighted by Gasteiger charge is -2.34. The molecule has 3 amide bonds. The van der Waals surface area contributed by atoms with Gasteiger partial charge in [-0.25, -0.2) is 4.79 Å². The van der Waals surface area contributed by atoms with Gasteiger partial charge in [-0.05, 0) is 31.0 Å². The molecule has 2 aromatic rings. The predicted molar refractivity (Wildman–Crippen MR) is 116 cm³/mol. The number of para-hydroxylation sites is 1. The normalized spacial score (nSPS) is 14.8. The first-order valence-corrected chi connectivity index (χ1v) is 10.5. The van der Waals surface area contributed by atoms with Gasteiger partial charge in [0.05, 0.1) is 17.8 Å². The zero-order chi connectivity index (χ0) is 23.1. The van der Waals surface area contributed by atoms with Gasteiger partial charge in [0.2, 0.25) is 5.91 Å². The average Bonchev–Trinajstić information content (AvgIpc) is 2.74. The van der Waals surface area contributed by atoms with Gasteiger partial charge in [0.1, 0.15) is 0 Å². The molecule has 2 aromatic carbocycles. The van der Waals surface area contributed by atoms with Crippen LogP contribution in [-0.4, -0.2) is 61.0 Å². The van der Waals surface area contributed by atoms with E-state index in [0.29, 0.717) is 32.7 Å². The number of halogens is 3. The van der Waals surface area contributed by atoms with E-state index in [1.54, 1.807) is 4.90 Å². The Hall–Kier alpha value is -3.07. The lowest BCUT2D eigenvalue weighted by Crippen LogP contribution is -2.53. The molecule has 172 valence electrons. The first-order valence-electron chi connectivity index (χ1n) is 10.5. The lowest BCUT2D eigenvalue weighted by atomic mass is 10.1. The minimum atomic E-state index is -4.54.